The fraction of sp³-hybridized carbons (Fsp3) is 0.385. The fourth-order valence-corrected chi connectivity index (χ4v) is 1.86. The van der Waals surface area contributed by atoms with Crippen LogP contribution in [0.15, 0.2) is 18.2 Å². The second-order valence-corrected chi connectivity index (χ2v) is 4.09. The fourth-order valence-electron chi connectivity index (χ4n) is 1.86. The van der Waals surface area contributed by atoms with E-state index >= 15 is 0 Å². The van der Waals surface area contributed by atoms with E-state index < -0.39 is 0 Å². The lowest BCUT2D eigenvalue weighted by atomic mass is 10.1. The number of methoxy groups -OCH3 is 2. The van der Waals surface area contributed by atoms with Crippen molar-refractivity contribution in [2.45, 2.75) is 12.8 Å². The molecule has 0 bridgehead atoms. The second kappa shape index (κ2) is 6.19. The van der Waals surface area contributed by atoms with Gasteiger partial charge in [0.25, 0.3) is 0 Å². The highest BCUT2D eigenvalue weighted by Gasteiger charge is 2.09. The Balaban J connectivity index is 2.20. The van der Waals surface area contributed by atoms with Crippen molar-refractivity contribution in [3.05, 3.63) is 35.4 Å². The summed E-state index contributed by atoms with van der Waals surface area (Å²) in [5.41, 5.74) is 6.47. The SMILES string of the molecule is COc1ccc(OC)c(Cc2nc(CCN)n[nH]2)c1. The average molecular weight is 262 g/mol. The molecule has 3 N–H and O–H groups in total. The summed E-state index contributed by atoms with van der Waals surface area (Å²) in [7, 11) is 3.28. The molecule has 2 aromatic rings. The Kier molecular flexibility index (Phi) is 4.35. The number of H-pyrrole nitrogens is 1. The topological polar surface area (TPSA) is 86.1 Å². The number of aromatic amines is 1. The Morgan fingerprint density at radius 1 is 1.26 bits per heavy atom. The quantitative estimate of drug-likeness (QED) is 0.808. The summed E-state index contributed by atoms with van der Waals surface area (Å²) < 4.78 is 10.6. The molecule has 6 heteroatoms. The van der Waals surface area contributed by atoms with Crippen molar-refractivity contribution in [2.75, 3.05) is 20.8 Å². The summed E-state index contributed by atoms with van der Waals surface area (Å²) in [6, 6.07) is 5.68. The Morgan fingerprint density at radius 2 is 2.11 bits per heavy atom. The van der Waals surface area contributed by atoms with Crippen LogP contribution in [-0.4, -0.2) is 35.9 Å². The first-order valence-electron chi connectivity index (χ1n) is 6.08. The minimum Gasteiger partial charge on any atom is -0.497 e. The number of hydrogen-bond donors (Lipinski definition) is 2. The van der Waals surface area contributed by atoms with Crippen molar-refractivity contribution in [1.29, 1.82) is 0 Å². The molecule has 0 amide bonds. The van der Waals surface area contributed by atoms with Gasteiger partial charge in [-0.15, -0.1) is 0 Å². The standard InChI is InChI=1S/C13H18N4O2/c1-18-10-3-4-11(19-2)9(7-10)8-13-15-12(5-6-14)16-17-13/h3-4,7H,5-6,8,14H2,1-2H3,(H,15,16,17). The number of hydrogen-bond acceptors (Lipinski definition) is 5. The minimum absolute atomic E-state index is 0.541. The monoisotopic (exact) mass is 262 g/mol. The first kappa shape index (κ1) is 13.4. The van der Waals surface area contributed by atoms with E-state index in [0.29, 0.717) is 19.4 Å². The average Bonchev–Trinajstić information content (AvgIpc) is 2.86. The molecule has 1 heterocycles. The van der Waals surface area contributed by atoms with Crippen LogP contribution in [0.1, 0.15) is 17.2 Å². The smallest absolute Gasteiger partial charge is 0.151 e. The zero-order valence-electron chi connectivity index (χ0n) is 11.1. The first-order chi connectivity index (χ1) is 9.26. The van der Waals surface area contributed by atoms with Gasteiger partial charge in [-0.3, -0.25) is 5.10 Å². The maximum Gasteiger partial charge on any atom is 0.151 e. The first-order valence-corrected chi connectivity index (χ1v) is 6.08. The Morgan fingerprint density at radius 3 is 2.79 bits per heavy atom. The van der Waals surface area contributed by atoms with Crippen LogP contribution in [0.25, 0.3) is 0 Å². The lowest BCUT2D eigenvalue weighted by molar-refractivity contribution is 0.399. The van der Waals surface area contributed by atoms with Gasteiger partial charge in [0.05, 0.1) is 14.2 Å². The number of benzene rings is 1. The molecule has 0 radical (unpaired) electrons. The molecule has 1 aromatic carbocycles. The van der Waals surface area contributed by atoms with Gasteiger partial charge in [0, 0.05) is 18.4 Å². The summed E-state index contributed by atoms with van der Waals surface area (Å²) >= 11 is 0. The number of nitrogens with zero attached hydrogens (tertiary/aromatic N) is 2. The molecule has 0 aliphatic carbocycles. The van der Waals surface area contributed by atoms with Gasteiger partial charge in [-0.1, -0.05) is 0 Å². The number of aromatic nitrogens is 3. The highest BCUT2D eigenvalue weighted by Crippen LogP contribution is 2.25. The molecule has 0 saturated heterocycles. The van der Waals surface area contributed by atoms with Crippen molar-refractivity contribution >= 4 is 0 Å². The van der Waals surface area contributed by atoms with Gasteiger partial charge in [0.15, 0.2) is 5.82 Å². The van der Waals surface area contributed by atoms with Crippen molar-refractivity contribution in [2.24, 2.45) is 5.73 Å². The van der Waals surface area contributed by atoms with Crippen LogP contribution in [0.4, 0.5) is 0 Å². The summed E-state index contributed by atoms with van der Waals surface area (Å²) in [5.74, 6) is 3.12. The van der Waals surface area contributed by atoms with E-state index in [9.17, 15) is 0 Å². The van der Waals surface area contributed by atoms with Crippen LogP contribution < -0.4 is 15.2 Å². The highest BCUT2D eigenvalue weighted by molar-refractivity contribution is 5.41. The third-order valence-corrected chi connectivity index (χ3v) is 2.79. The maximum atomic E-state index is 5.48. The van der Waals surface area contributed by atoms with Gasteiger partial charge < -0.3 is 15.2 Å². The molecule has 1 aromatic heterocycles. The lowest BCUT2D eigenvalue weighted by Gasteiger charge is -2.09. The van der Waals surface area contributed by atoms with Crippen LogP contribution in [-0.2, 0) is 12.8 Å². The zero-order valence-corrected chi connectivity index (χ0v) is 11.1. The molecule has 0 unspecified atom stereocenters. The third kappa shape index (κ3) is 3.23. The van der Waals surface area contributed by atoms with Crippen molar-refractivity contribution in [3.8, 4) is 11.5 Å². The van der Waals surface area contributed by atoms with Gasteiger partial charge >= 0.3 is 0 Å². The third-order valence-electron chi connectivity index (χ3n) is 2.79. The predicted octanol–water partition coefficient (Wildman–Crippen LogP) is 0.914. The van der Waals surface area contributed by atoms with Crippen LogP contribution in [0.5, 0.6) is 11.5 Å². The Hall–Kier alpha value is -2.08. The molecule has 0 atom stereocenters. The summed E-state index contributed by atoms with van der Waals surface area (Å²) in [6.07, 6.45) is 1.28. The summed E-state index contributed by atoms with van der Waals surface area (Å²) in [6.45, 7) is 0.541. The molecule has 0 aliphatic heterocycles. The van der Waals surface area contributed by atoms with E-state index in [1.807, 2.05) is 18.2 Å². The number of rotatable bonds is 6. The molecular formula is C13H18N4O2. The molecule has 102 valence electrons. The summed E-state index contributed by atoms with van der Waals surface area (Å²) in [4.78, 5) is 4.38. The minimum atomic E-state index is 0.541. The van der Waals surface area contributed by atoms with Gasteiger partial charge in [-0.2, -0.15) is 5.10 Å². The number of nitrogens with two attached hydrogens (primary N) is 1. The van der Waals surface area contributed by atoms with E-state index in [1.165, 1.54) is 0 Å². The van der Waals surface area contributed by atoms with Gasteiger partial charge in [-0.05, 0) is 24.7 Å². The van der Waals surface area contributed by atoms with Crippen LogP contribution >= 0.6 is 0 Å². The molecule has 0 fully saturated rings. The molecule has 0 aliphatic rings. The molecule has 0 spiro atoms. The van der Waals surface area contributed by atoms with E-state index in [1.54, 1.807) is 14.2 Å². The molecule has 19 heavy (non-hydrogen) atoms. The largest absolute Gasteiger partial charge is 0.497 e. The van der Waals surface area contributed by atoms with Crippen molar-refractivity contribution < 1.29 is 9.47 Å². The van der Waals surface area contributed by atoms with Crippen molar-refractivity contribution in [1.82, 2.24) is 15.2 Å². The molecule has 0 saturated carbocycles. The van der Waals surface area contributed by atoms with Crippen LogP contribution in [0.3, 0.4) is 0 Å². The normalized spacial score (nSPS) is 10.5. The van der Waals surface area contributed by atoms with Gasteiger partial charge in [-0.25, -0.2) is 4.98 Å². The Labute approximate surface area is 111 Å². The van der Waals surface area contributed by atoms with Gasteiger partial charge in [0.2, 0.25) is 0 Å². The van der Waals surface area contributed by atoms with Crippen LogP contribution in [0, 0.1) is 0 Å². The Bertz CT molecular complexity index is 539. The maximum absolute atomic E-state index is 5.48. The number of ether oxygens (including phenoxy) is 2. The number of nitrogens with one attached hydrogen (secondary N) is 1. The lowest BCUT2D eigenvalue weighted by Crippen LogP contribution is -2.04. The van der Waals surface area contributed by atoms with Crippen LogP contribution in [0.2, 0.25) is 0 Å². The van der Waals surface area contributed by atoms with E-state index in [2.05, 4.69) is 15.2 Å². The second-order valence-electron chi connectivity index (χ2n) is 4.09. The summed E-state index contributed by atoms with van der Waals surface area (Å²) in [5, 5.41) is 7.03. The highest BCUT2D eigenvalue weighted by atomic mass is 16.5. The van der Waals surface area contributed by atoms with E-state index in [0.717, 1.165) is 28.7 Å². The van der Waals surface area contributed by atoms with Gasteiger partial charge in [0.1, 0.15) is 17.3 Å². The van der Waals surface area contributed by atoms with E-state index in [4.69, 9.17) is 15.2 Å². The van der Waals surface area contributed by atoms with E-state index in [-0.39, 0.29) is 0 Å². The predicted molar refractivity (Wildman–Crippen MR) is 71.5 cm³/mol. The molecular weight excluding hydrogens is 244 g/mol. The van der Waals surface area contributed by atoms with Crippen molar-refractivity contribution in [3.63, 3.8) is 0 Å². The molecule has 2 rings (SSSR count). The molecule has 6 nitrogen and oxygen atoms in total. The zero-order chi connectivity index (χ0) is 13.7.